The zero-order valence-corrected chi connectivity index (χ0v) is 23.1. The van der Waals surface area contributed by atoms with Gasteiger partial charge >= 0.3 is 29.8 Å². The molecule has 0 amide bonds. The van der Waals surface area contributed by atoms with Gasteiger partial charge in [-0.25, -0.2) is 4.79 Å². The van der Waals surface area contributed by atoms with Crippen LogP contribution in [-0.4, -0.2) is 86.5 Å². The van der Waals surface area contributed by atoms with Gasteiger partial charge in [0.1, 0.15) is 12.7 Å². The number of rotatable bonds is 11. The molecule has 220 valence electrons. The molecule has 14 nitrogen and oxygen atoms in total. The smallest absolute Gasteiger partial charge is 0.331 e. The third-order valence-electron chi connectivity index (χ3n) is 5.39. The van der Waals surface area contributed by atoms with Crippen molar-refractivity contribution in [3.05, 3.63) is 23.3 Å². The van der Waals surface area contributed by atoms with Crippen molar-refractivity contribution in [2.24, 2.45) is 0 Å². The van der Waals surface area contributed by atoms with Crippen molar-refractivity contribution in [2.75, 3.05) is 20.8 Å². The predicted octanol–water partition coefficient (Wildman–Crippen LogP) is 1.65. The van der Waals surface area contributed by atoms with Crippen LogP contribution in [-0.2, 0) is 47.7 Å². The van der Waals surface area contributed by atoms with E-state index in [1.165, 1.54) is 39.4 Å². The minimum absolute atomic E-state index is 0.0392. The van der Waals surface area contributed by atoms with Gasteiger partial charge in [-0.05, 0) is 30.7 Å². The highest BCUT2D eigenvalue weighted by atomic mass is 16.7. The van der Waals surface area contributed by atoms with Crippen LogP contribution in [0.3, 0.4) is 0 Å². The number of esters is 4. The third-order valence-corrected chi connectivity index (χ3v) is 5.39. The molecule has 5 atom stereocenters. The van der Waals surface area contributed by atoms with Crippen molar-refractivity contribution in [1.29, 1.82) is 0 Å². The molecule has 1 N–H and O–H groups in total. The van der Waals surface area contributed by atoms with Crippen molar-refractivity contribution < 1.29 is 67.0 Å². The number of carbonyl (C=O) groups excluding carboxylic acids is 4. The average molecular weight is 569 g/mol. The summed E-state index contributed by atoms with van der Waals surface area (Å²) in [5, 5.41) is 9.22. The first kappa shape index (κ1) is 31.9. The Bertz CT molecular complexity index is 1130. The molecule has 0 unspecified atom stereocenters. The molecule has 0 spiro atoms. The van der Waals surface area contributed by atoms with E-state index in [1.54, 1.807) is 0 Å². The Labute approximate surface area is 230 Å². The van der Waals surface area contributed by atoms with E-state index in [0.29, 0.717) is 5.56 Å². The standard InChI is InChI=1S/C26H32O14/c1-12(25(31)32)8-17-9-18(33-6)21(19(10-17)34-7)40-26-24(38-16(5)30)23(37-15(4)29)22(36-14(3)28)20(39-26)11-35-13(2)27/h8-10,20,22-24,26H,11H2,1-7H3,(H,31,32)/t20-,22-,23+,24-,26+/m1/s1. The molecule has 1 aromatic rings. The minimum Gasteiger partial charge on any atom is -0.493 e. The highest BCUT2D eigenvalue weighted by Crippen LogP contribution is 2.42. The number of benzene rings is 1. The van der Waals surface area contributed by atoms with Gasteiger partial charge in [0.2, 0.25) is 18.1 Å². The largest absolute Gasteiger partial charge is 0.493 e. The van der Waals surface area contributed by atoms with Crippen LogP contribution in [0.5, 0.6) is 17.2 Å². The Balaban J connectivity index is 2.64. The van der Waals surface area contributed by atoms with E-state index in [4.69, 9.17) is 37.9 Å². The molecule has 0 saturated carbocycles. The van der Waals surface area contributed by atoms with Gasteiger partial charge in [-0.1, -0.05) is 0 Å². The Morgan fingerprint density at radius 3 is 1.75 bits per heavy atom. The van der Waals surface area contributed by atoms with E-state index in [9.17, 15) is 29.1 Å². The maximum absolute atomic E-state index is 12.1. The lowest BCUT2D eigenvalue weighted by molar-refractivity contribution is -0.288. The number of hydrogen-bond acceptors (Lipinski definition) is 13. The van der Waals surface area contributed by atoms with Gasteiger partial charge in [0.15, 0.2) is 23.7 Å². The van der Waals surface area contributed by atoms with Crippen molar-refractivity contribution >= 4 is 35.9 Å². The highest BCUT2D eigenvalue weighted by Gasteiger charge is 2.53. The molecular weight excluding hydrogens is 536 g/mol. The summed E-state index contributed by atoms with van der Waals surface area (Å²) in [6.45, 7) is 5.42. The van der Waals surface area contributed by atoms with Crippen LogP contribution in [0.4, 0.5) is 0 Å². The summed E-state index contributed by atoms with van der Waals surface area (Å²) in [6.07, 6.45) is -5.67. The SMILES string of the molecule is COc1cc(C=C(C)C(=O)O)cc(OC)c1O[C@@H]1O[C@H](COC(C)=O)[C@@H](OC(C)=O)[C@H](OC(C)=O)[C@H]1OC(C)=O. The van der Waals surface area contributed by atoms with Crippen molar-refractivity contribution in [1.82, 2.24) is 0 Å². The number of aliphatic carboxylic acids is 1. The number of carbonyl (C=O) groups is 5. The number of carboxylic acids is 1. The molecule has 0 bridgehead atoms. The van der Waals surface area contributed by atoms with E-state index < -0.39 is 67.2 Å². The van der Waals surface area contributed by atoms with Crippen molar-refractivity contribution in [2.45, 2.75) is 65.3 Å². The van der Waals surface area contributed by atoms with Crippen LogP contribution >= 0.6 is 0 Å². The second-order valence-electron chi connectivity index (χ2n) is 8.57. The van der Waals surface area contributed by atoms with Crippen LogP contribution in [0.1, 0.15) is 40.2 Å². The number of carboxylic acid groups (broad SMARTS) is 1. The molecule has 1 aliphatic rings. The molecule has 1 fully saturated rings. The van der Waals surface area contributed by atoms with Crippen LogP contribution in [0.2, 0.25) is 0 Å². The highest BCUT2D eigenvalue weighted by molar-refractivity contribution is 5.91. The van der Waals surface area contributed by atoms with E-state index in [1.807, 2.05) is 0 Å². The second-order valence-corrected chi connectivity index (χ2v) is 8.57. The second kappa shape index (κ2) is 14.2. The summed E-state index contributed by atoms with van der Waals surface area (Å²) in [5.74, 6) is -4.06. The predicted molar refractivity (Wildman–Crippen MR) is 133 cm³/mol. The molecule has 14 heteroatoms. The lowest BCUT2D eigenvalue weighted by Crippen LogP contribution is -2.63. The summed E-state index contributed by atoms with van der Waals surface area (Å²) in [4.78, 5) is 58.8. The van der Waals surface area contributed by atoms with Gasteiger partial charge < -0.3 is 43.0 Å². The first-order valence-corrected chi connectivity index (χ1v) is 11.9. The molecule has 0 aliphatic carbocycles. The van der Waals surface area contributed by atoms with Crippen LogP contribution in [0.15, 0.2) is 17.7 Å². The molecule has 1 aromatic carbocycles. The average Bonchev–Trinajstić information content (AvgIpc) is 2.85. The minimum atomic E-state index is -1.54. The summed E-state index contributed by atoms with van der Waals surface area (Å²) < 4.78 is 44.1. The van der Waals surface area contributed by atoms with Gasteiger partial charge in [0.25, 0.3) is 0 Å². The number of hydrogen-bond donors (Lipinski definition) is 1. The third kappa shape index (κ3) is 8.59. The molecule has 2 rings (SSSR count). The van der Waals surface area contributed by atoms with Gasteiger partial charge in [-0.3, -0.25) is 19.2 Å². The van der Waals surface area contributed by atoms with Crippen LogP contribution < -0.4 is 14.2 Å². The van der Waals surface area contributed by atoms with Crippen LogP contribution in [0.25, 0.3) is 6.08 Å². The topological polar surface area (TPSA) is 179 Å². The molecular formula is C26H32O14. The quantitative estimate of drug-likeness (QED) is 0.231. The van der Waals surface area contributed by atoms with E-state index in [2.05, 4.69) is 0 Å². The molecule has 1 aliphatic heterocycles. The normalized spacial score (nSPS) is 22.4. The fourth-order valence-electron chi connectivity index (χ4n) is 3.81. The lowest BCUT2D eigenvalue weighted by Gasteiger charge is -2.44. The first-order chi connectivity index (χ1) is 18.8. The number of ether oxygens (including phenoxy) is 8. The zero-order chi connectivity index (χ0) is 30.1. The first-order valence-electron chi connectivity index (χ1n) is 11.9. The molecule has 40 heavy (non-hydrogen) atoms. The Hall–Kier alpha value is -4.33. The molecule has 0 radical (unpaired) electrons. The fraction of sp³-hybridized carbons (Fsp3) is 0.500. The molecule has 0 aromatic heterocycles. The Kier molecular flexibility index (Phi) is 11.3. The number of methoxy groups -OCH3 is 2. The van der Waals surface area contributed by atoms with Crippen LogP contribution in [0, 0.1) is 0 Å². The zero-order valence-electron chi connectivity index (χ0n) is 23.1. The molecule has 1 saturated heterocycles. The summed E-state index contributed by atoms with van der Waals surface area (Å²) in [5.41, 5.74) is 0.444. The van der Waals surface area contributed by atoms with Crippen molar-refractivity contribution in [3.63, 3.8) is 0 Å². The Morgan fingerprint density at radius 2 is 1.30 bits per heavy atom. The van der Waals surface area contributed by atoms with E-state index in [0.717, 1.165) is 27.7 Å². The summed E-state index contributed by atoms with van der Waals surface area (Å²) in [6, 6.07) is 2.94. The lowest BCUT2D eigenvalue weighted by atomic mass is 9.98. The monoisotopic (exact) mass is 568 g/mol. The maximum atomic E-state index is 12.1. The van der Waals surface area contributed by atoms with Gasteiger partial charge in [0.05, 0.1) is 14.2 Å². The molecule has 1 heterocycles. The van der Waals surface area contributed by atoms with Gasteiger partial charge in [-0.15, -0.1) is 0 Å². The van der Waals surface area contributed by atoms with Gasteiger partial charge in [0, 0.05) is 33.3 Å². The van der Waals surface area contributed by atoms with Crippen molar-refractivity contribution in [3.8, 4) is 17.2 Å². The van der Waals surface area contributed by atoms with E-state index in [-0.39, 0.29) is 22.8 Å². The summed E-state index contributed by atoms with van der Waals surface area (Å²) >= 11 is 0. The Morgan fingerprint density at radius 1 is 0.800 bits per heavy atom. The maximum Gasteiger partial charge on any atom is 0.331 e. The van der Waals surface area contributed by atoms with Gasteiger partial charge in [-0.2, -0.15) is 0 Å². The van der Waals surface area contributed by atoms with E-state index >= 15 is 0 Å². The fourth-order valence-corrected chi connectivity index (χ4v) is 3.81. The summed E-state index contributed by atoms with van der Waals surface area (Å²) in [7, 11) is 2.65.